The molecule has 5 nitrogen and oxygen atoms in total. The van der Waals surface area contributed by atoms with Crippen molar-refractivity contribution in [3.8, 4) is 5.75 Å². The quantitative estimate of drug-likeness (QED) is 0.612. The summed E-state index contributed by atoms with van der Waals surface area (Å²) in [5.74, 6) is 2.12. The highest BCUT2D eigenvalue weighted by atomic mass is 19.1. The molecule has 0 radical (unpaired) electrons. The maximum Gasteiger partial charge on any atom is 0.193 e. The van der Waals surface area contributed by atoms with Gasteiger partial charge in [0, 0.05) is 26.7 Å². The number of guanidine groups is 1. The summed E-state index contributed by atoms with van der Waals surface area (Å²) in [7, 11) is 1.84. The van der Waals surface area contributed by atoms with Gasteiger partial charge in [0.1, 0.15) is 17.7 Å². The summed E-state index contributed by atoms with van der Waals surface area (Å²) in [6.07, 6.45) is 5.30. The van der Waals surface area contributed by atoms with Crippen LogP contribution in [0.25, 0.3) is 0 Å². The highest BCUT2D eigenvalue weighted by Gasteiger charge is 2.27. The Bertz CT molecular complexity index is 601. The van der Waals surface area contributed by atoms with E-state index in [2.05, 4.69) is 20.1 Å². The molecule has 0 aromatic heterocycles. The number of piperidine rings is 1. The lowest BCUT2D eigenvalue weighted by Crippen LogP contribution is -2.44. The van der Waals surface area contributed by atoms with Crippen molar-refractivity contribution in [2.24, 2.45) is 10.9 Å². The second kappa shape index (κ2) is 9.93. The zero-order valence-electron chi connectivity index (χ0n) is 16.7. The molecule has 2 heterocycles. The molecule has 1 aromatic rings. The molecule has 0 spiro atoms. The van der Waals surface area contributed by atoms with Crippen molar-refractivity contribution in [2.45, 2.75) is 38.7 Å². The molecule has 2 aliphatic heterocycles. The van der Waals surface area contributed by atoms with Crippen LogP contribution in [-0.4, -0.2) is 68.2 Å². The van der Waals surface area contributed by atoms with E-state index in [0.29, 0.717) is 12.3 Å². The second-order valence-electron chi connectivity index (χ2n) is 7.77. The van der Waals surface area contributed by atoms with E-state index in [0.717, 1.165) is 25.0 Å². The lowest BCUT2D eigenvalue weighted by molar-refractivity contribution is 0.197. The highest BCUT2D eigenvalue weighted by Crippen LogP contribution is 2.20. The van der Waals surface area contributed by atoms with Crippen LogP contribution in [0.2, 0.25) is 0 Å². The van der Waals surface area contributed by atoms with Gasteiger partial charge in [0.25, 0.3) is 0 Å². The molecule has 2 atom stereocenters. The number of benzene rings is 1. The third kappa shape index (κ3) is 6.09. The first-order valence-electron chi connectivity index (χ1n) is 10.2. The molecule has 150 valence electrons. The van der Waals surface area contributed by atoms with Crippen LogP contribution in [0.1, 0.15) is 32.6 Å². The molecule has 2 aliphatic rings. The van der Waals surface area contributed by atoms with E-state index in [1.54, 1.807) is 12.1 Å². The number of nitrogens with zero attached hydrogens (tertiary/aromatic N) is 3. The van der Waals surface area contributed by atoms with E-state index < -0.39 is 0 Å². The molecule has 0 saturated carbocycles. The average molecular weight is 377 g/mol. The Hall–Kier alpha value is -1.82. The normalized spacial score (nSPS) is 22.7. The smallest absolute Gasteiger partial charge is 0.193 e. The fourth-order valence-electron chi connectivity index (χ4n) is 4.04. The summed E-state index contributed by atoms with van der Waals surface area (Å²) >= 11 is 0. The molecular formula is C21H33FN4O. The molecule has 3 rings (SSSR count). The number of halogens is 1. The van der Waals surface area contributed by atoms with Gasteiger partial charge in [-0.15, -0.1) is 0 Å². The van der Waals surface area contributed by atoms with Crippen LogP contribution >= 0.6 is 0 Å². The molecule has 2 unspecified atom stereocenters. The van der Waals surface area contributed by atoms with Gasteiger partial charge in [-0.1, -0.05) is 6.42 Å². The molecule has 0 bridgehead atoms. The van der Waals surface area contributed by atoms with Crippen LogP contribution < -0.4 is 10.1 Å². The van der Waals surface area contributed by atoms with E-state index in [4.69, 9.17) is 4.74 Å². The lowest BCUT2D eigenvalue weighted by atomic mass is 10.1. The fraction of sp³-hybridized carbons (Fsp3) is 0.667. The van der Waals surface area contributed by atoms with Crippen molar-refractivity contribution >= 4 is 5.96 Å². The van der Waals surface area contributed by atoms with Gasteiger partial charge in [0.05, 0.1) is 6.54 Å². The third-order valence-electron chi connectivity index (χ3n) is 5.46. The maximum absolute atomic E-state index is 13.0. The van der Waals surface area contributed by atoms with Gasteiger partial charge in [-0.2, -0.15) is 0 Å². The van der Waals surface area contributed by atoms with Crippen molar-refractivity contribution in [1.82, 2.24) is 15.1 Å². The van der Waals surface area contributed by atoms with Crippen LogP contribution in [0.4, 0.5) is 4.39 Å². The summed E-state index contributed by atoms with van der Waals surface area (Å²) in [6, 6.07) is 6.15. The average Bonchev–Trinajstić information content (AvgIpc) is 3.13. The molecule has 1 N–H and O–H groups in total. The summed E-state index contributed by atoms with van der Waals surface area (Å²) < 4.78 is 18.8. The van der Waals surface area contributed by atoms with E-state index in [9.17, 15) is 4.39 Å². The van der Waals surface area contributed by atoms with E-state index in [-0.39, 0.29) is 11.9 Å². The Labute approximate surface area is 162 Å². The number of likely N-dealkylation sites (tertiary alicyclic amines) is 2. The third-order valence-corrected chi connectivity index (χ3v) is 5.46. The van der Waals surface area contributed by atoms with E-state index >= 15 is 0 Å². The van der Waals surface area contributed by atoms with Gasteiger partial charge >= 0.3 is 0 Å². The second-order valence-corrected chi connectivity index (χ2v) is 7.77. The molecule has 0 aliphatic carbocycles. The number of ether oxygens (including phenoxy) is 1. The van der Waals surface area contributed by atoms with Crippen LogP contribution in [0, 0.1) is 11.7 Å². The zero-order chi connectivity index (χ0) is 19.1. The molecule has 6 heteroatoms. The Morgan fingerprint density at radius 2 is 1.96 bits per heavy atom. The van der Waals surface area contributed by atoms with Crippen LogP contribution in [0.15, 0.2) is 29.3 Å². The van der Waals surface area contributed by atoms with E-state index in [1.807, 2.05) is 14.0 Å². The predicted octanol–water partition coefficient (Wildman–Crippen LogP) is 2.98. The largest absolute Gasteiger partial charge is 0.489 e. The van der Waals surface area contributed by atoms with Gasteiger partial charge in [0.2, 0.25) is 0 Å². The first kappa shape index (κ1) is 19.9. The number of hydrogen-bond acceptors (Lipinski definition) is 3. The minimum absolute atomic E-state index is 0.0287. The van der Waals surface area contributed by atoms with Crippen LogP contribution in [-0.2, 0) is 0 Å². The lowest BCUT2D eigenvalue weighted by Gasteiger charge is -2.29. The zero-order valence-corrected chi connectivity index (χ0v) is 16.7. The summed E-state index contributed by atoms with van der Waals surface area (Å²) in [5.41, 5.74) is 0. The van der Waals surface area contributed by atoms with Gasteiger partial charge in [-0.25, -0.2) is 4.39 Å². The minimum Gasteiger partial charge on any atom is -0.489 e. The molecular weight excluding hydrogens is 343 g/mol. The highest BCUT2D eigenvalue weighted by molar-refractivity contribution is 5.80. The van der Waals surface area contributed by atoms with Crippen molar-refractivity contribution in [3.63, 3.8) is 0 Å². The molecule has 2 fully saturated rings. The van der Waals surface area contributed by atoms with Crippen molar-refractivity contribution in [3.05, 3.63) is 30.1 Å². The summed E-state index contributed by atoms with van der Waals surface area (Å²) in [6.45, 7) is 8.56. The Kier molecular flexibility index (Phi) is 7.33. The summed E-state index contributed by atoms with van der Waals surface area (Å²) in [5, 5.41) is 3.43. The summed E-state index contributed by atoms with van der Waals surface area (Å²) in [4.78, 5) is 9.45. The molecule has 2 saturated heterocycles. The van der Waals surface area contributed by atoms with Gasteiger partial charge in [-0.05, 0) is 69.5 Å². The molecule has 1 aromatic carbocycles. The van der Waals surface area contributed by atoms with Gasteiger partial charge in [0.15, 0.2) is 5.96 Å². The fourth-order valence-corrected chi connectivity index (χ4v) is 4.04. The Morgan fingerprint density at radius 3 is 2.67 bits per heavy atom. The molecule has 0 amide bonds. The minimum atomic E-state index is -0.248. The first-order chi connectivity index (χ1) is 13.1. The number of hydrogen-bond donors (Lipinski definition) is 1. The van der Waals surface area contributed by atoms with Gasteiger partial charge < -0.3 is 19.9 Å². The number of nitrogens with one attached hydrogen (secondary N) is 1. The first-order valence-corrected chi connectivity index (χ1v) is 10.2. The predicted molar refractivity (Wildman–Crippen MR) is 108 cm³/mol. The number of rotatable bonds is 6. The Balaban J connectivity index is 1.41. The van der Waals surface area contributed by atoms with Crippen molar-refractivity contribution < 1.29 is 9.13 Å². The molecule has 27 heavy (non-hydrogen) atoms. The van der Waals surface area contributed by atoms with Crippen molar-refractivity contribution in [2.75, 3.05) is 46.3 Å². The van der Waals surface area contributed by atoms with Crippen molar-refractivity contribution in [1.29, 1.82) is 0 Å². The van der Waals surface area contributed by atoms with E-state index in [1.165, 1.54) is 57.5 Å². The monoisotopic (exact) mass is 376 g/mol. The maximum atomic E-state index is 13.0. The van der Waals surface area contributed by atoms with Crippen LogP contribution in [0.5, 0.6) is 5.75 Å². The topological polar surface area (TPSA) is 40.1 Å². The Morgan fingerprint density at radius 1 is 1.22 bits per heavy atom. The SMILES string of the molecule is CN=C(NCC(C)Oc1ccc(F)cc1)N1CCC(CN2CCCCC2)C1. The van der Waals surface area contributed by atoms with Gasteiger partial charge in [-0.3, -0.25) is 4.99 Å². The standard InChI is InChI=1S/C21H33FN4O/c1-17(27-20-8-6-19(22)7-9-20)14-24-21(23-2)26-13-10-18(16-26)15-25-11-4-3-5-12-25/h6-9,17-18H,3-5,10-16H2,1-2H3,(H,23,24). The number of aliphatic imine (C=N–C) groups is 1. The van der Waals surface area contributed by atoms with Crippen LogP contribution in [0.3, 0.4) is 0 Å².